The Balaban J connectivity index is 2.48. The van der Waals surface area contributed by atoms with E-state index in [9.17, 15) is 5.11 Å². The van der Waals surface area contributed by atoms with Gasteiger partial charge in [0.1, 0.15) is 5.75 Å². The number of hydrogen-bond acceptors (Lipinski definition) is 4. The number of nitrogens with zero attached hydrogens (tertiary/aromatic N) is 2. The summed E-state index contributed by atoms with van der Waals surface area (Å²) in [6.45, 7) is 0.692. The normalized spacial score (nSPS) is 15.6. The molecule has 2 rings (SSSR count). The summed E-state index contributed by atoms with van der Waals surface area (Å²) in [5.74, 6) is 0.109. The van der Waals surface area contributed by atoms with E-state index < -0.39 is 0 Å². The Hall–Kier alpha value is -1.42. The van der Waals surface area contributed by atoms with E-state index in [1.807, 2.05) is 0 Å². The van der Waals surface area contributed by atoms with Gasteiger partial charge in [0, 0.05) is 29.6 Å². The van der Waals surface area contributed by atoms with Gasteiger partial charge in [0.2, 0.25) is 0 Å². The number of aromatic nitrogens is 1. The minimum Gasteiger partial charge on any atom is -0.506 e. The summed E-state index contributed by atoms with van der Waals surface area (Å²) in [6.07, 6.45) is 4.83. The van der Waals surface area contributed by atoms with E-state index in [0.29, 0.717) is 11.1 Å². The van der Waals surface area contributed by atoms with Crippen LogP contribution in [0.4, 0.5) is 0 Å². The smallest absolute Gasteiger partial charge is 0.143 e. The van der Waals surface area contributed by atoms with Crippen LogP contribution in [0.25, 0.3) is 0 Å². The van der Waals surface area contributed by atoms with Crippen molar-refractivity contribution in [2.24, 2.45) is 4.99 Å². The van der Waals surface area contributed by atoms with Gasteiger partial charge in [0.15, 0.2) is 0 Å². The predicted molar refractivity (Wildman–Crippen MR) is 52.5 cm³/mol. The molecule has 74 valence electrons. The van der Waals surface area contributed by atoms with Gasteiger partial charge < -0.3 is 10.2 Å². The zero-order chi connectivity index (χ0) is 9.97. The number of hydrogen-bond donors (Lipinski definition) is 2. The van der Waals surface area contributed by atoms with Crippen LogP contribution in [0.15, 0.2) is 17.4 Å². The molecule has 0 unspecified atom stereocenters. The molecule has 1 aromatic rings. The Morgan fingerprint density at radius 2 is 2.21 bits per heavy atom. The maximum Gasteiger partial charge on any atom is 0.143 e. The van der Waals surface area contributed by atoms with Gasteiger partial charge in [-0.05, 0) is 12.8 Å². The molecule has 0 atom stereocenters. The lowest BCUT2D eigenvalue weighted by Gasteiger charge is -2.08. The summed E-state index contributed by atoms with van der Waals surface area (Å²) in [6, 6.07) is 0. The van der Waals surface area contributed by atoms with E-state index in [1.54, 1.807) is 6.20 Å². The van der Waals surface area contributed by atoms with Crippen LogP contribution < -0.4 is 0 Å². The fraction of sp³-hybridized carbons (Fsp3) is 0.400. The number of pyridine rings is 1. The second-order valence-electron chi connectivity index (χ2n) is 3.28. The molecule has 0 aromatic carbocycles. The van der Waals surface area contributed by atoms with Crippen LogP contribution in [0.3, 0.4) is 0 Å². The van der Waals surface area contributed by atoms with Crippen molar-refractivity contribution in [3.8, 4) is 5.75 Å². The van der Waals surface area contributed by atoms with Crippen molar-refractivity contribution in [3.05, 3.63) is 23.5 Å². The minimum atomic E-state index is -0.115. The molecule has 1 aromatic heterocycles. The number of aliphatic hydroxyl groups is 1. The Bertz CT molecular complexity index is 374. The summed E-state index contributed by atoms with van der Waals surface area (Å²) in [5, 5.41) is 18.7. The van der Waals surface area contributed by atoms with Crippen LogP contribution in [0.5, 0.6) is 5.75 Å². The van der Waals surface area contributed by atoms with Gasteiger partial charge in [-0.25, -0.2) is 0 Å². The van der Waals surface area contributed by atoms with Crippen LogP contribution in [-0.2, 0) is 6.61 Å². The highest BCUT2D eigenvalue weighted by Crippen LogP contribution is 2.24. The average molecular weight is 192 g/mol. The van der Waals surface area contributed by atoms with Crippen LogP contribution in [0.2, 0.25) is 0 Å². The van der Waals surface area contributed by atoms with Crippen molar-refractivity contribution >= 4 is 5.71 Å². The van der Waals surface area contributed by atoms with E-state index in [1.165, 1.54) is 6.20 Å². The molecule has 0 bridgehead atoms. The highest BCUT2D eigenvalue weighted by Gasteiger charge is 2.16. The first-order valence-corrected chi connectivity index (χ1v) is 4.63. The number of rotatable bonds is 2. The van der Waals surface area contributed by atoms with Crippen LogP contribution in [0, 0.1) is 0 Å². The molecule has 0 radical (unpaired) electrons. The first kappa shape index (κ1) is 9.15. The maximum absolute atomic E-state index is 9.63. The molecular formula is C10H12N2O2. The van der Waals surface area contributed by atoms with Gasteiger partial charge in [0.25, 0.3) is 0 Å². The summed E-state index contributed by atoms with van der Waals surface area (Å²) >= 11 is 0. The molecule has 1 aliphatic heterocycles. The first-order chi connectivity index (χ1) is 6.83. The lowest BCUT2D eigenvalue weighted by atomic mass is 10.0. The van der Waals surface area contributed by atoms with Gasteiger partial charge >= 0.3 is 0 Å². The zero-order valence-electron chi connectivity index (χ0n) is 7.77. The molecule has 14 heavy (non-hydrogen) atoms. The summed E-state index contributed by atoms with van der Waals surface area (Å²) in [5.41, 5.74) is 2.19. The zero-order valence-corrected chi connectivity index (χ0v) is 7.77. The van der Waals surface area contributed by atoms with E-state index >= 15 is 0 Å². The first-order valence-electron chi connectivity index (χ1n) is 4.63. The summed E-state index contributed by atoms with van der Waals surface area (Å²) in [4.78, 5) is 8.12. The molecular weight excluding hydrogens is 180 g/mol. The third-order valence-corrected chi connectivity index (χ3v) is 2.34. The van der Waals surface area contributed by atoms with Crippen molar-refractivity contribution < 1.29 is 10.2 Å². The van der Waals surface area contributed by atoms with Crippen molar-refractivity contribution in [2.45, 2.75) is 19.4 Å². The molecule has 1 aliphatic rings. The quantitative estimate of drug-likeness (QED) is 0.730. The van der Waals surface area contributed by atoms with Crippen LogP contribution >= 0.6 is 0 Å². The van der Waals surface area contributed by atoms with E-state index in [0.717, 1.165) is 25.1 Å². The number of aliphatic imine (C=N–C) groups is 1. The Kier molecular flexibility index (Phi) is 2.45. The fourth-order valence-corrected chi connectivity index (χ4v) is 1.69. The summed E-state index contributed by atoms with van der Waals surface area (Å²) in [7, 11) is 0. The molecule has 2 N–H and O–H groups in total. The SMILES string of the molecule is OCc1cncc(O)c1C1=NCCC1. The fourth-order valence-electron chi connectivity index (χ4n) is 1.69. The van der Waals surface area contributed by atoms with Crippen LogP contribution in [-0.4, -0.2) is 27.5 Å². The second kappa shape index (κ2) is 3.75. The summed E-state index contributed by atoms with van der Waals surface area (Å²) < 4.78 is 0. The monoisotopic (exact) mass is 192 g/mol. The van der Waals surface area contributed by atoms with Gasteiger partial charge in [-0.3, -0.25) is 9.98 Å². The number of aliphatic hydroxyl groups excluding tert-OH is 1. The van der Waals surface area contributed by atoms with Crippen molar-refractivity contribution in [2.75, 3.05) is 6.54 Å². The molecule has 0 amide bonds. The Morgan fingerprint density at radius 3 is 2.86 bits per heavy atom. The lowest BCUT2D eigenvalue weighted by molar-refractivity contribution is 0.280. The maximum atomic E-state index is 9.63. The van der Waals surface area contributed by atoms with Gasteiger partial charge in [-0.15, -0.1) is 0 Å². The molecule has 2 heterocycles. The van der Waals surface area contributed by atoms with E-state index in [-0.39, 0.29) is 12.4 Å². The molecule has 0 spiro atoms. The van der Waals surface area contributed by atoms with Crippen molar-refractivity contribution in [1.29, 1.82) is 0 Å². The van der Waals surface area contributed by atoms with Gasteiger partial charge in [-0.1, -0.05) is 0 Å². The second-order valence-corrected chi connectivity index (χ2v) is 3.28. The predicted octanol–water partition coefficient (Wildman–Crippen LogP) is 0.862. The molecule has 0 saturated heterocycles. The molecule has 0 fully saturated rings. The van der Waals surface area contributed by atoms with Gasteiger partial charge in [0.05, 0.1) is 12.8 Å². The topological polar surface area (TPSA) is 65.7 Å². The number of aromatic hydroxyl groups is 1. The largest absolute Gasteiger partial charge is 0.506 e. The van der Waals surface area contributed by atoms with Crippen LogP contribution in [0.1, 0.15) is 24.0 Å². The van der Waals surface area contributed by atoms with Gasteiger partial charge in [-0.2, -0.15) is 0 Å². The van der Waals surface area contributed by atoms with Crippen molar-refractivity contribution in [1.82, 2.24) is 4.98 Å². The third kappa shape index (κ3) is 1.48. The lowest BCUT2D eigenvalue weighted by Crippen LogP contribution is -2.03. The molecule has 4 nitrogen and oxygen atoms in total. The molecule has 0 saturated carbocycles. The Labute approximate surface area is 82.0 Å². The standard InChI is InChI=1S/C10H12N2O2/c13-6-7-4-11-5-9(14)10(7)8-2-1-3-12-8/h4-5,13-14H,1-3,6H2. The minimum absolute atomic E-state index is 0.109. The third-order valence-electron chi connectivity index (χ3n) is 2.34. The highest BCUT2D eigenvalue weighted by atomic mass is 16.3. The molecule has 0 aliphatic carbocycles. The van der Waals surface area contributed by atoms with E-state index in [2.05, 4.69) is 9.98 Å². The van der Waals surface area contributed by atoms with E-state index in [4.69, 9.17) is 5.11 Å². The Morgan fingerprint density at radius 1 is 1.36 bits per heavy atom. The highest BCUT2D eigenvalue weighted by molar-refractivity contribution is 6.04. The van der Waals surface area contributed by atoms with Crippen molar-refractivity contribution in [3.63, 3.8) is 0 Å². The molecule has 4 heteroatoms. The average Bonchev–Trinajstić information content (AvgIpc) is 2.70.